The van der Waals surface area contributed by atoms with Gasteiger partial charge in [-0.1, -0.05) is 18.2 Å². The maximum absolute atomic E-state index is 11.9. The van der Waals surface area contributed by atoms with Gasteiger partial charge in [0.15, 0.2) is 0 Å². The second-order valence-electron chi connectivity index (χ2n) is 4.72. The van der Waals surface area contributed by atoms with Crippen LogP contribution in [-0.4, -0.2) is 15.5 Å². The molecule has 1 aromatic heterocycles. The van der Waals surface area contributed by atoms with Gasteiger partial charge in [0.1, 0.15) is 18.0 Å². The number of hydrogen-bond donors (Lipinski definition) is 1. The van der Waals surface area contributed by atoms with Gasteiger partial charge in [0.25, 0.3) is 0 Å². The summed E-state index contributed by atoms with van der Waals surface area (Å²) in [5.41, 5.74) is 0.727. The summed E-state index contributed by atoms with van der Waals surface area (Å²) in [5.74, 6) is 1.40. The van der Waals surface area contributed by atoms with E-state index >= 15 is 0 Å². The van der Waals surface area contributed by atoms with Gasteiger partial charge in [-0.3, -0.25) is 4.79 Å². The van der Waals surface area contributed by atoms with Gasteiger partial charge in [0.2, 0.25) is 5.91 Å². The highest BCUT2D eigenvalue weighted by Gasteiger charge is 2.03. The van der Waals surface area contributed by atoms with Gasteiger partial charge in [-0.25, -0.2) is 4.98 Å². The first-order valence-corrected chi connectivity index (χ1v) is 6.88. The lowest BCUT2D eigenvalue weighted by molar-refractivity contribution is -0.116. The molecular weight excluding hydrogens is 278 g/mol. The minimum absolute atomic E-state index is 0.102. The predicted molar refractivity (Wildman–Crippen MR) is 83.8 cm³/mol. The molecule has 0 aliphatic rings. The second-order valence-corrected chi connectivity index (χ2v) is 4.72. The molecule has 0 saturated heterocycles. The molecular formula is C17H15N3O2. The van der Waals surface area contributed by atoms with Crippen LogP contribution in [0, 0.1) is 0 Å². The quantitative estimate of drug-likeness (QED) is 0.785. The van der Waals surface area contributed by atoms with Crippen molar-refractivity contribution in [3.05, 3.63) is 73.3 Å². The number of para-hydroxylation sites is 1. The average Bonchev–Trinajstić information content (AvgIpc) is 3.03. The Labute approximate surface area is 128 Å². The highest BCUT2D eigenvalue weighted by molar-refractivity contribution is 5.90. The summed E-state index contributed by atoms with van der Waals surface area (Å²) in [5, 5.41) is 2.83. The molecule has 22 heavy (non-hydrogen) atoms. The number of nitrogens with one attached hydrogen (secondary N) is 1. The monoisotopic (exact) mass is 293 g/mol. The highest BCUT2D eigenvalue weighted by atomic mass is 16.5. The lowest BCUT2D eigenvalue weighted by Crippen LogP contribution is -2.17. The Morgan fingerprint density at radius 1 is 1.05 bits per heavy atom. The number of amides is 1. The van der Waals surface area contributed by atoms with Crippen LogP contribution in [-0.2, 0) is 11.3 Å². The minimum atomic E-state index is -0.102. The summed E-state index contributed by atoms with van der Waals surface area (Å²) in [6, 6.07) is 16.8. The maximum Gasteiger partial charge on any atom is 0.244 e. The van der Waals surface area contributed by atoms with Gasteiger partial charge in [0.05, 0.1) is 6.33 Å². The molecule has 0 radical (unpaired) electrons. The number of imidazole rings is 1. The number of ether oxygens (including phenoxy) is 1. The zero-order valence-electron chi connectivity index (χ0n) is 11.8. The number of carbonyl (C=O) groups is 1. The summed E-state index contributed by atoms with van der Waals surface area (Å²) in [6.45, 7) is 0.238. The molecule has 5 nitrogen and oxygen atoms in total. The average molecular weight is 293 g/mol. The Balaban J connectivity index is 1.58. The van der Waals surface area contributed by atoms with E-state index in [1.54, 1.807) is 23.3 Å². The standard InChI is InChI=1S/C17H15N3O2/c21-17(12-20-11-10-18-13-20)19-14-6-8-16(9-7-14)22-15-4-2-1-3-5-15/h1-11,13H,12H2,(H,19,21). The van der Waals surface area contributed by atoms with Crippen LogP contribution >= 0.6 is 0 Å². The molecule has 3 aromatic rings. The van der Waals surface area contributed by atoms with Crippen LogP contribution in [0.2, 0.25) is 0 Å². The summed E-state index contributed by atoms with van der Waals surface area (Å²) in [6.07, 6.45) is 5.00. The van der Waals surface area contributed by atoms with Crippen molar-refractivity contribution in [1.29, 1.82) is 0 Å². The Morgan fingerprint density at radius 2 is 1.77 bits per heavy atom. The molecule has 3 rings (SSSR count). The van der Waals surface area contributed by atoms with E-state index in [1.807, 2.05) is 54.6 Å². The van der Waals surface area contributed by atoms with Gasteiger partial charge in [-0.05, 0) is 36.4 Å². The third-order valence-corrected chi connectivity index (χ3v) is 3.00. The van der Waals surface area contributed by atoms with E-state index in [0.717, 1.165) is 17.2 Å². The van der Waals surface area contributed by atoms with E-state index in [2.05, 4.69) is 10.3 Å². The number of benzene rings is 2. The lowest BCUT2D eigenvalue weighted by atomic mass is 10.3. The largest absolute Gasteiger partial charge is 0.457 e. The molecule has 2 aromatic carbocycles. The van der Waals surface area contributed by atoms with E-state index in [4.69, 9.17) is 4.74 Å². The summed E-state index contributed by atoms with van der Waals surface area (Å²) < 4.78 is 7.41. The van der Waals surface area contributed by atoms with E-state index in [0.29, 0.717) is 0 Å². The number of nitrogens with zero attached hydrogens (tertiary/aromatic N) is 2. The molecule has 0 atom stereocenters. The van der Waals surface area contributed by atoms with Crippen molar-refractivity contribution in [1.82, 2.24) is 9.55 Å². The predicted octanol–water partition coefficient (Wildman–Crippen LogP) is 3.31. The van der Waals surface area contributed by atoms with Crippen molar-refractivity contribution in [3.8, 4) is 11.5 Å². The highest BCUT2D eigenvalue weighted by Crippen LogP contribution is 2.22. The van der Waals surface area contributed by atoms with E-state index in [1.165, 1.54) is 0 Å². The lowest BCUT2D eigenvalue weighted by Gasteiger charge is -2.08. The maximum atomic E-state index is 11.9. The van der Waals surface area contributed by atoms with Gasteiger partial charge >= 0.3 is 0 Å². The number of hydrogen-bond acceptors (Lipinski definition) is 3. The zero-order valence-corrected chi connectivity index (χ0v) is 11.8. The molecule has 1 amide bonds. The van der Waals surface area contributed by atoms with Crippen molar-refractivity contribution >= 4 is 11.6 Å². The summed E-state index contributed by atoms with van der Waals surface area (Å²) >= 11 is 0. The van der Waals surface area contributed by atoms with Crippen LogP contribution in [0.3, 0.4) is 0 Å². The first kappa shape index (κ1) is 13.9. The third-order valence-electron chi connectivity index (χ3n) is 3.00. The first-order chi connectivity index (χ1) is 10.8. The smallest absolute Gasteiger partial charge is 0.244 e. The molecule has 0 spiro atoms. The van der Waals surface area contributed by atoms with E-state index in [-0.39, 0.29) is 12.5 Å². The molecule has 0 bridgehead atoms. The number of anilines is 1. The second kappa shape index (κ2) is 6.58. The Bertz CT molecular complexity index is 722. The molecule has 110 valence electrons. The zero-order chi connectivity index (χ0) is 15.2. The molecule has 0 aliphatic heterocycles. The fraction of sp³-hybridized carbons (Fsp3) is 0.0588. The van der Waals surface area contributed by atoms with E-state index < -0.39 is 0 Å². The van der Waals surface area contributed by atoms with Crippen molar-refractivity contribution in [3.63, 3.8) is 0 Å². The van der Waals surface area contributed by atoms with Crippen molar-refractivity contribution in [2.45, 2.75) is 6.54 Å². The Morgan fingerprint density at radius 3 is 2.45 bits per heavy atom. The molecule has 0 unspecified atom stereocenters. The van der Waals surface area contributed by atoms with Crippen LogP contribution in [0.4, 0.5) is 5.69 Å². The van der Waals surface area contributed by atoms with Crippen LogP contribution in [0.5, 0.6) is 11.5 Å². The van der Waals surface area contributed by atoms with Crippen LogP contribution in [0.15, 0.2) is 73.3 Å². The van der Waals surface area contributed by atoms with Crippen molar-refractivity contribution < 1.29 is 9.53 Å². The molecule has 0 aliphatic carbocycles. The molecule has 1 heterocycles. The van der Waals surface area contributed by atoms with Crippen LogP contribution in [0.25, 0.3) is 0 Å². The first-order valence-electron chi connectivity index (χ1n) is 6.88. The Kier molecular flexibility index (Phi) is 4.15. The van der Waals surface area contributed by atoms with E-state index in [9.17, 15) is 4.79 Å². The molecule has 0 saturated carbocycles. The van der Waals surface area contributed by atoms with Crippen molar-refractivity contribution in [2.24, 2.45) is 0 Å². The van der Waals surface area contributed by atoms with Crippen molar-refractivity contribution in [2.75, 3.05) is 5.32 Å². The normalized spacial score (nSPS) is 10.2. The third kappa shape index (κ3) is 3.73. The van der Waals surface area contributed by atoms with Gasteiger partial charge in [-0.15, -0.1) is 0 Å². The molecule has 0 fully saturated rings. The molecule has 1 N–H and O–H groups in total. The number of carbonyl (C=O) groups excluding carboxylic acids is 1. The van der Waals surface area contributed by atoms with Gasteiger partial charge in [-0.2, -0.15) is 0 Å². The Hall–Kier alpha value is -3.08. The number of rotatable bonds is 5. The van der Waals surface area contributed by atoms with Crippen LogP contribution in [0.1, 0.15) is 0 Å². The fourth-order valence-electron chi connectivity index (χ4n) is 1.98. The summed E-state index contributed by atoms with van der Waals surface area (Å²) in [7, 11) is 0. The fourth-order valence-corrected chi connectivity index (χ4v) is 1.98. The minimum Gasteiger partial charge on any atom is -0.457 e. The van der Waals surface area contributed by atoms with Gasteiger partial charge in [0, 0.05) is 18.1 Å². The van der Waals surface area contributed by atoms with Crippen LogP contribution < -0.4 is 10.1 Å². The summed E-state index contributed by atoms with van der Waals surface area (Å²) in [4.78, 5) is 15.8. The SMILES string of the molecule is O=C(Cn1ccnc1)Nc1ccc(Oc2ccccc2)cc1. The topological polar surface area (TPSA) is 56.2 Å². The molecule has 5 heteroatoms. The van der Waals surface area contributed by atoms with Gasteiger partial charge < -0.3 is 14.6 Å². The number of aromatic nitrogens is 2.